The third-order valence-electron chi connectivity index (χ3n) is 7.69. The average Bonchev–Trinajstić information content (AvgIpc) is 3.57. The second-order valence-corrected chi connectivity index (χ2v) is 9.50. The SMILES string of the molecule is c1ccc(C[C@@H]2c3c([nH]c4ccccc34)[C@@H](c3c[nH]c4ccccc34)[C@H]2c2ccccc2)cc1. The fraction of sp³-hybridized carbons (Fsp3) is 0.125. The highest BCUT2D eigenvalue weighted by Gasteiger charge is 2.45. The monoisotopic (exact) mass is 438 g/mol. The summed E-state index contributed by atoms with van der Waals surface area (Å²) in [5, 5.41) is 2.68. The lowest BCUT2D eigenvalue weighted by Crippen LogP contribution is -2.14. The molecular weight excluding hydrogens is 412 g/mol. The van der Waals surface area contributed by atoms with Gasteiger partial charge in [0.1, 0.15) is 0 Å². The van der Waals surface area contributed by atoms with Crippen molar-refractivity contribution in [3.63, 3.8) is 0 Å². The molecule has 2 N–H and O–H groups in total. The molecule has 0 unspecified atom stereocenters. The van der Waals surface area contributed by atoms with Crippen LogP contribution in [-0.4, -0.2) is 9.97 Å². The number of aromatic nitrogens is 2. The van der Waals surface area contributed by atoms with Gasteiger partial charge in [-0.3, -0.25) is 0 Å². The quantitative estimate of drug-likeness (QED) is 0.280. The molecule has 2 heteroatoms. The number of hydrogen-bond acceptors (Lipinski definition) is 0. The topological polar surface area (TPSA) is 31.6 Å². The van der Waals surface area contributed by atoms with Gasteiger partial charge in [0.25, 0.3) is 0 Å². The van der Waals surface area contributed by atoms with Gasteiger partial charge in [-0.25, -0.2) is 0 Å². The first kappa shape index (κ1) is 19.4. The van der Waals surface area contributed by atoms with Crippen LogP contribution in [0.1, 0.15) is 45.7 Å². The second kappa shape index (κ2) is 7.78. The number of benzene rings is 4. The summed E-state index contributed by atoms with van der Waals surface area (Å²) in [6, 6.07) is 39.6. The van der Waals surface area contributed by atoms with Crippen molar-refractivity contribution >= 4 is 21.8 Å². The molecule has 1 aliphatic rings. The highest BCUT2D eigenvalue weighted by molar-refractivity contribution is 5.89. The van der Waals surface area contributed by atoms with Crippen molar-refractivity contribution in [3.05, 3.63) is 143 Å². The molecule has 0 amide bonds. The predicted octanol–water partition coefficient (Wildman–Crippen LogP) is 7.90. The molecule has 164 valence electrons. The summed E-state index contributed by atoms with van der Waals surface area (Å²) in [4.78, 5) is 7.43. The van der Waals surface area contributed by atoms with Crippen LogP contribution in [-0.2, 0) is 6.42 Å². The summed E-state index contributed by atoms with van der Waals surface area (Å²) in [6.07, 6.45) is 3.26. The minimum Gasteiger partial charge on any atom is -0.361 e. The molecule has 7 rings (SSSR count). The van der Waals surface area contributed by atoms with Gasteiger partial charge in [0, 0.05) is 45.5 Å². The number of nitrogens with one attached hydrogen (secondary N) is 2. The smallest absolute Gasteiger partial charge is 0.0459 e. The van der Waals surface area contributed by atoms with E-state index in [4.69, 9.17) is 0 Å². The first-order valence-electron chi connectivity index (χ1n) is 12.1. The zero-order valence-electron chi connectivity index (χ0n) is 18.9. The van der Waals surface area contributed by atoms with Crippen molar-refractivity contribution in [1.29, 1.82) is 0 Å². The first-order valence-corrected chi connectivity index (χ1v) is 12.1. The number of hydrogen-bond donors (Lipinski definition) is 2. The molecule has 2 aromatic heterocycles. The highest BCUT2D eigenvalue weighted by Crippen LogP contribution is 2.58. The molecule has 0 bridgehead atoms. The normalized spacial score (nSPS) is 19.6. The Morgan fingerprint density at radius 3 is 2.06 bits per heavy atom. The average molecular weight is 439 g/mol. The van der Waals surface area contributed by atoms with Gasteiger partial charge in [-0.1, -0.05) is 97.1 Å². The molecule has 0 saturated heterocycles. The highest BCUT2D eigenvalue weighted by atomic mass is 14.8. The molecular formula is C32H26N2. The van der Waals surface area contributed by atoms with E-state index in [1.165, 1.54) is 49.8 Å². The molecule has 0 saturated carbocycles. The number of fused-ring (bicyclic) bond motifs is 4. The van der Waals surface area contributed by atoms with E-state index in [-0.39, 0.29) is 5.92 Å². The van der Waals surface area contributed by atoms with Gasteiger partial charge < -0.3 is 9.97 Å². The molecule has 6 aromatic rings. The van der Waals surface area contributed by atoms with E-state index in [1.807, 2.05) is 0 Å². The van der Waals surface area contributed by atoms with Gasteiger partial charge in [-0.2, -0.15) is 0 Å². The van der Waals surface area contributed by atoms with Crippen LogP contribution < -0.4 is 0 Å². The van der Waals surface area contributed by atoms with Crippen LogP contribution in [0.3, 0.4) is 0 Å². The zero-order chi connectivity index (χ0) is 22.5. The van der Waals surface area contributed by atoms with Crippen LogP contribution in [0.25, 0.3) is 21.8 Å². The predicted molar refractivity (Wildman–Crippen MR) is 141 cm³/mol. The molecule has 1 aliphatic carbocycles. The number of para-hydroxylation sites is 2. The van der Waals surface area contributed by atoms with E-state index in [0.29, 0.717) is 11.8 Å². The summed E-state index contributed by atoms with van der Waals surface area (Å²) < 4.78 is 0. The Hall–Kier alpha value is -4.04. The second-order valence-electron chi connectivity index (χ2n) is 9.50. The maximum absolute atomic E-state index is 3.88. The van der Waals surface area contributed by atoms with E-state index in [0.717, 1.165) is 6.42 Å². The van der Waals surface area contributed by atoms with Crippen molar-refractivity contribution in [2.75, 3.05) is 0 Å². The third-order valence-corrected chi connectivity index (χ3v) is 7.69. The van der Waals surface area contributed by atoms with Gasteiger partial charge >= 0.3 is 0 Å². The molecule has 0 fully saturated rings. The Labute approximate surface area is 199 Å². The van der Waals surface area contributed by atoms with Gasteiger partial charge in [0.2, 0.25) is 0 Å². The van der Waals surface area contributed by atoms with Gasteiger partial charge in [0.15, 0.2) is 0 Å². The van der Waals surface area contributed by atoms with Crippen molar-refractivity contribution in [1.82, 2.24) is 9.97 Å². The van der Waals surface area contributed by atoms with Gasteiger partial charge in [-0.05, 0) is 46.7 Å². The van der Waals surface area contributed by atoms with Crippen molar-refractivity contribution in [2.45, 2.75) is 24.2 Å². The Morgan fingerprint density at radius 1 is 0.618 bits per heavy atom. The van der Waals surface area contributed by atoms with Crippen molar-refractivity contribution in [3.8, 4) is 0 Å². The molecule has 3 atom stereocenters. The molecule has 0 aliphatic heterocycles. The van der Waals surface area contributed by atoms with Crippen molar-refractivity contribution in [2.24, 2.45) is 0 Å². The maximum atomic E-state index is 3.88. The summed E-state index contributed by atoms with van der Waals surface area (Å²) in [6.45, 7) is 0. The molecule has 0 spiro atoms. The van der Waals surface area contributed by atoms with Crippen molar-refractivity contribution < 1.29 is 0 Å². The zero-order valence-corrected chi connectivity index (χ0v) is 18.9. The van der Waals surface area contributed by atoms with E-state index >= 15 is 0 Å². The van der Waals surface area contributed by atoms with Crippen LogP contribution in [0.4, 0.5) is 0 Å². The summed E-state index contributed by atoms with van der Waals surface area (Å²) in [5.74, 6) is 0.996. The Balaban J connectivity index is 1.51. The standard InChI is InChI=1S/C32H26N2/c1-3-11-21(12-4-1)19-25-29(22-13-5-2-6-14-22)31(26-20-33-27-17-9-7-15-23(26)27)32-30(25)24-16-8-10-18-28(24)34-32/h1-18,20,25,29,31,33-34H,19H2/t25-,29-,31-/m0/s1. The van der Waals surface area contributed by atoms with E-state index in [9.17, 15) is 0 Å². The van der Waals surface area contributed by atoms with Crippen LogP contribution in [0.2, 0.25) is 0 Å². The molecule has 0 radical (unpaired) electrons. The molecule has 34 heavy (non-hydrogen) atoms. The largest absolute Gasteiger partial charge is 0.361 e. The molecule has 2 heterocycles. The third kappa shape index (κ3) is 2.95. The van der Waals surface area contributed by atoms with Crippen LogP contribution in [0, 0.1) is 0 Å². The first-order chi connectivity index (χ1) is 16.9. The maximum Gasteiger partial charge on any atom is 0.0459 e. The van der Waals surface area contributed by atoms with Crippen LogP contribution in [0.15, 0.2) is 115 Å². The number of aromatic amines is 2. The lowest BCUT2D eigenvalue weighted by atomic mass is 9.76. The Morgan fingerprint density at radius 2 is 1.26 bits per heavy atom. The number of rotatable bonds is 4. The lowest BCUT2D eigenvalue weighted by molar-refractivity contribution is 0.536. The van der Waals surface area contributed by atoms with E-state index in [1.54, 1.807) is 0 Å². The summed E-state index contributed by atoms with van der Waals surface area (Å²) >= 11 is 0. The van der Waals surface area contributed by atoms with Gasteiger partial charge in [0.05, 0.1) is 0 Å². The molecule has 4 aromatic carbocycles. The lowest BCUT2D eigenvalue weighted by Gasteiger charge is -2.27. The Bertz CT molecular complexity index is 1590. The fourth-order valence-corrected chi connectivity index (χ4v) is 6.32. The minimum atomic E-state index is 0.259. The molecule has 2 nitrogen and oxygen atoms in total. The Kier molecular flexibility index (Phi) is 4.44. The fourth-order valence-electron chi connectivity index (χ4n) is 6.32. The van der Waals surface area contributed by atoms with E-state index < -0.39 is 0 Å². The number of H-pyrrole nitrogens is 2. The van der Waals surface area contributed by atoms with Crippen LogP contribution in [0.5, 0.6) is 0 Å². The minimum absolute atomic E-state index is 0.259. The van der Waals surface area contributed by atoms with Crippen LogP contribution >= 0.6 is 0 Å². The summed E-state index contributed by atoms with van der Waals surface area (Å²) in [5.41, 5.74) is 9.49. The van der Waals surface area contributed by atoms with Gasteiger partial charge in [-0.15, -0.1) is 0 Å². The van der Waals surface area contributed by atoms with E-state index in [2.05, 4.69) is 125 Å². The summed E-state index contributed by atoms with van der Waals surface area (Å²) in [7, 11) is 0.